The third-order valence-electron chi connectivity index (χ3n) is 7.93. The second kappa shape index (κ2) is 9.97. The third-order valence-corrected chi connectivity index (χ3v) is 7.93. The second-order valence-corrected chi connectivity index (χ2v) is 10.0. The lowest BCUT2D eigenvalue weighted by molar-refractivity contribution is -0.139. The number of unbranched alkanes of at least 4 members (excludes halogenated alkanes) is 2. The number of hydrogen-bond donors (Lipinski definition) is 0. The molecule has 0 nitrogen and oxygen atoms in total. The van der Waals surface area contributed by atoms with Crippen molar-refractivity contribution in [2.24, 2.45) is 17.8 Å². The first-order valence-electron chi connectivity index (χ1n) is 12.3. The molecule has 4 unspecified atom stereocenters. The summed E-state index contributed by atoms with van der Waals surface area (Å²) in [7, 11) is 0. The van der Waals surface area contributed by atoms with Gasteiger partial charge in [-0.05, 0) is 84.6 Å². The Bertz CT molecular complexity index is 883. The first-order valence-corrected chi connectivity index (χ1v) is 12.3. The smallest absolute Gasteiger partial charge is 0.206 e. The molecule has 0 bridgehead atoms. The van der Waals surface area contributed by atoms with Gasteiger partial charge in [-0.2, -0.15) is 13.2 Å². The molecule has 0 radical (unpaired) electrons. The van der Waals surface area contributed by atoms with E-state index in [0.717, 1.165) is 35.4 Å². The highest BCUT2D eigenvalue weighted by Gasteiger charge is 2.36. The van der Waals surface area contributed by atoms with E-state index in [-0.39, 0.29) is 0 Å². The van der Waals surface area contributed by atoms with E-state index in [2.05, 4.69) is 19.1 Å². The van der Waals surface area contributed by atoms with Crippen LogP contribution in [0, 0.1) is 23.6 Å². The lowest BCUT2D eigenvalue weighted by atomic mass is 9.63. The van der Waals surface area contributed by atoms with Gasteiger partial charge in [-0.25, -0.2) is 4.39 Å². The summed E-state index contributed by atoms with van der Waals surface area (Å²) in [5.41, 5.74) is 1.33. The molecule has 0 spiro atoms. The van der Waals surface area contributed by atoms with E-state index >= 15 is 0 Å². The molecule has 2 saturated carbocycles. The van der Waals surface area contributed by atoms with Gasteiger partial charge in [0.1, 0.15) is 5.82 Å². The van der Waals surface area contributed by atoms with E-state index in [1.807, 2.05) is 12.1 Å². The molecule has 0 N–H and O–H groups in total. The summed E-state index contributed by atoms with van der Waals surface area (Å²) in [5.74, 6) is 2.00. The van der Waals surface area contributed by atoms with Crippen molar-refractivity contribution in [3.8, 4) is 11.1 Å². The lowest BCUT2D eigenvalue weighted by Gasteiger charge is -2.42. The molecule has 174 valence electrons. The summed E-state index contributed by atoms with van der Waals surface area (Å²) in [4.78, 5) is 0. The zero-order chi connectivity index (χ0) is 22.7. The van der Waals surface area contributed by atoms with E-state index in [1.54, 1.807) is 0 Å². The van der Waals surface area contributed by atoms with E-state index < -0.39 is 17.6 Å². The van der Waals surface area contributed by atoms with Gasteiger partial charge in [0, 0.05) is 0 Å². The van der Waals surface area contributed by atoms with Crippen molar-refractivity contribution in [1.82, 2.24) is 0 Å². The average Bonchev–Trinajstić information content (AvgIpc) is 2.78. The topological polar surface area (TPSA) is 0 Å². The van der Waals surface area contributed by atoms with Gasteiger partial charge in [0.2, 0.25) is 0 Å². The van der Waals surface area contributed by atoms with Gasteiger partial charge in [-0.3, -0.25) is 0 Å². The van der Waals surface area contributed by atoms with Crippen molar-refractivity contribution in [1.29, 1.82) is 0 Å². The van der Waals surface area contributed by atoms with Crippen LogP contribution in [0.25, 0.3) is 11.1 Å². The highest BCUT2D eigenvalue weighted by atomic mass is 19.4. The van der Waals surface area contributed by atoms with Gasteiger partial charge >= 0.3 is 6.18 Å². The Hall–Kier alpha value is -1.84. The van der Waals surface area contributed by atoms with Gasteiger partial charge in [-0.1, -0.05) is 69.4 Å². The first-order chi connectivity index (χ1) is 15.3. The van der Waals surface area contributed by atoms with Crippen LogP contribution >= 0.6 is 0 Å². The maximum Gasteiger partial charge on any atom is 0.419 e. The van der Waals surface area contributed by atoms with Crippen molar-refractivity contribution in [2.75, 3.05) is 0 Å². The molecule has 4 rings (SSSR count). The second-order valence-electron chi connectivity index (χ2n) is 10.0. The number of benzene rings is 2. The van der Waals surface area contributed by atoms with Crippen molar-refractivity contribution in [3.05, 3.63) is 59.4 Å². The predicted octanol–water partition coefficient (Wildman–Crippen LogP) is 9.39. The molecule has 0 amide bonds. The predicted molar refractivity (Wildman–Crippen MR) is 122 cm³/mol. The van der Waals surface area contributed by atoms with Crippen molar-refractivity contribution in [3.63, 3.8) is 0 Å². The van der Waals surface area contributed by atoms with Crippen molar-refractivity contribution < 1.29 is 17.6 Å². The molecule has 0 aliphatic heterocycles. The molecule has 0 aromatic heterocycles. The van der Waals surface area contributed by atoms with Crippen LogP contribution in [0.4, 0.5) is 17.6 Å². The largest absolute Gasteiger partial charge is 0.419 e. The minimum absolute atomic E-state index is 0.479. The van der Waals surface area contributed by atoms with Crippen LogP contribution in [0.3, 0.4) is 0 Å². The number of halogens is 4. The fourth-order valence-corrected chi connectivity index (χ4v) is 6.11. The molecule has 4 atom stereocenters. The molecule has 2 aliphatic carbocycles. The Morgan fingerprint density at radius 2 is 1.50 bits per heavy atom. The summed E-state index contributed by atoms with van der Waals surface area (Å²) in [6, 6.07) is 11.2. The molecule has 32 heavy (non-hydrogen) atoms. The maximum atomic E-state index is 14.0. The zero-order valence-corrected chi connectivity index (χ0v) is 18.9. The fraction of sp³-hybridized carbons (Fsp3) is 0.571. The van der Waals surface area contributed by atoms with E-state index in [1.165, 1.54) is 75.8 Å². The van der Waals surface area contributed by atoms with Gasteiger partial charge in [0.05, 0.1) is 5.56 Å². The number of hydrogen-bond acceptors (Lipinski definition) is 0. The van der Waals surface area contributed by atoms with Gasteiger partial charge < -0.3 is 0 Å². The SMILES string of the molecule is CCCCCC1CCC2CC(c3ccc(-c4ccc(C(F)(F)F)c(F)c4)cc3)CCC2C1. The summed E-state index contributed by atoms with van der Waals surface area (Å²) >= 11 is 0. The fourth-order valence-electron chi connectivity index (χ4n) is 6.11. The van der Waals surface area contributed by atoms with E-state index in [4.69, 9.17) is 0 Å². The zero-order valence-electron chi connectivity index (χ0n) is 18.9. The van der Waals surface area contributed by atoms with Crippen LogP contribution in [0.2, 0.25) is 0 Å². The molecule has 4 heteroatoms. The highest BCUT2D eigenvalue weighted by molar-refractivity contribution is 5.64. The number of alkyl halides is 3. The summed E-state index contributed by atoms with van der Waals surface area (Å²) in [6.07, 6.45) is 8.73. The average molecular weight is 447 g/mol. The first kappa shape index (κ1) is 23.3. The van der Waals surface area contributed by atoms with Crippen molar-refractivity contribution in [2.45, 2.75) is 83.2 Å². The molecule has 2 aromatic carbocycles. The molecule has 2 aromatic rings. The number of fused-ring (bicyclic) bond motifs is 1. The monoisotopic (exact) mass is 446 g/mol. The summed E-state index contributed by atoms with van der Waals surface area (Å²) in [5, 5.41) is 0. The van der Waals surface area contributed by atoms with Gasteiger partial charge in [0.15, 0.2) is 0 Å². The molecule has 0 heterocycles. The maximum absolute atomic E-state index is 14.0. The van der Waals surface area contributed by atoms with Crippen LogP contribution in [0.1, 0.15) is 88.2 Å². The summed E-state index contributed by atoms with van der Waals surface area (Å²) in [6.45, 7) is 2.27. The Labute approximate surface area is 189 Å². The lowest BCUT2D eigenvalue weighted by Crippen LogP contribution is -2.30. The summed E-state index contributed by atoms with van der Waals surface area (Å²) < 4.78 is 52.4. The Kier molecular flexibility index (Phi) is 7.27. The van der Waals surface area contributed by atoms with E-state index in [0.29, 0.717) is 11.5 Å². The molecular formula is C28H34F4. The van der Waals surface area contributed by atoms with Gasteiger partial charge in [0.25, 0.3) is 0 Å². The Morgan fingerprint density at radius 1 is 0.812 bits per heavy atom. The third kappa shape index (κ3) is 5.38. The minimum atomic E-state index is -4.67. The minimum Gasteiger partial charge on any atom is -0.206 e. The number of rotatable bonds is 6. The molecule has 2 aliphatic rings. The van der Waals surface area contributed by atoms with Crippen LogP contribution < -0.4 is 0 Å². The van der Waals surface area contributed by atoms with Crippen LogP contribution in [-0.4, -0.2) is 0 Å². The van der Waals surface area contributed by atoms with E-state index in [9.17, 15) is 17.6 Å². The quantitative estimate of drug-likeness (QED) is 0.306. The standard InChI is InChI=1S/C28H34F4/c1-2-3-4-5-19-6-7-24-17-23(13-12-22(24)16-19)20-8-10-21(11-9-20)25-14-15-26(27(29)18-25)28(30,31)32/h8-11,14-15,18-19,22-24H,2-7,12-13,16-17H2,1H3. The van der Waals surface area contributed by atoms with Crippen LogP contribution in [0.5, 0.6) is 0 Å². The highest BCUT2D eigenvalue weighted by Crippen LogP contribution is 2.48. The molecule has 0 saturated heterocycles. The Balaban J connectivity index is 1.37. The molecular weight excluding hydrogens is 412 g/mol. The van der Waals surface area contributed by atoms with Gasteiger partial charge in [-0.15, -0.1) is 0 Å². The van der Waals surface area contributed by atoms with Crippen molar-refractivity contribution >= 4 is 0 Å². The Morgan fingerprint density at radius 3 is 2.19 bits per heavy atom. The van der Waals surface area contributed by atoms with Crippen LogP contribution in [-0.2, 0) is 6.18 Å². The van der Waals surface area contributed by atoms with Crippen LogP contribution in [0.15, 0.2) is 42.5 Å². The normalized spacial score (nSPS) is 26.0. The molecule has 2 fully saturated rings.